The van der Waals surface area contributed by atoms with E-state index in [9.17, 15) is 9.59 Å². The molecule has 28 heavy (non-hydrogen) atoms. The van der Waals surface area contributed by atoms with Crippen LogP contribution in [-0.4, -0.2) is 61.0 Å². The Hall–Kier alpha value is -2.65. The van der Waals surface area contributed by atoms with Crippen LogP contribution in [0.4, 0.5) is 0 Å². The fraction of sp³-hybridized carbons (Fsp3) is 0.421. The molecule has 2 rings (SSSR count). The smallest absolute Gasteiger partial charge is 0.337 e. The first-order chi connectivity index (χ1) is 13.4. The lowest BCUT2D eigenvalue weighted by Crippen LogP contribution is -2.48. The second-order valence-electron chi connectivity index (χ2n) is 6.08. The molecule has 0 saturated heterocycles. The predicted molar refractivity (Wildman–Crippen MR) is 106 cm³/mol. The van der Waals surface area contributed by atoms with Gasteiger partial charge in [0, 0.05) is 19.4 Å². The van der Waals surface area contributed by atoms with Crippen molar-refractivity contribution < 1.29 is 28.9 Å². The van der Waals surface area contributed by atoms with E-state index < -0.39 is 18.0 Å². The number of thiocarbonyl (C=S) groups is 1. The summed E-state index contributed by atoms with van der Waals surface area (Å²) in [5, 5.41) is 12.4. The molecule has 1 aromatic rings. The molecule has 0 spiro atoms. The summed E-state index contributed by atoms with van der Waals surface area (Å²) >= 11 is 5.47. The lowest BCUT2D eigenvalue weighted by Gasteiger charge is -2.37. The van der Waals surface area contributed by atoms with Gasteiger partial charge in [0.05, 0.1) is 38.4 Å². The molecule has 9 heteroatoms. The summed E-state index contributed by atoms with van der Waals surface area (Å²) in [6.07, 6.45) is -0.0774. The van der Waals surface area contributed by atoms with Crippen LogP contribution in [0.5, 0.6) is 5.75 Å². The number of nitrogens with one attached hydrogen (secondary N) is 1. The third-order valence-corrected chi connectivity index (χ3v) is 4.66. The number of hydrogen-bond acceptors (Lipinski definition) is 6. The van der Waals surface area contributed by atoms with E-state index in [0.717, 1.165) is 5.56 Å². The van der Waals surface area contributed by atoms with E-state index in [2.05, 4.69) is 5.32 Å². The summed E-state index contributed by atoms with van der Waals surface area (Å²) in [4.78, 5) is 24.8. The number of methoxy groups -OCH3 is 2. The van der Waals surface area contributed by atoms with Gasteiger partial charge in [0.2, 0.25) is 0 Å². The van der Waals surface area contributed by atoms with E-state index in [-0.39, 0.29) is 13.0 Å². The van der Waals surface area contributed by atoms with Crippen molar-refractivity contribution in [3.8, 4) is 5.75 Å². The third-order valence-electron chi connectivity index (χ3n) is 4.32. The summed E-state index contributed by atoms with van der Waals surface area (Å²) in [5.74, 6) is -0.815. The molecule has 1 atom stereocenters. The van der Waals surface area contributed by atoms with Gasteiger partial charge in [-0.25, -0.2) is 4.79 Å². The van der Waals surface area contributed by atoms with Gasteiger partial charge >= 0.3 is 11.9 Å². The van der Waals surface area contributed by atoms with E-state index >= 15 is 0 Å². The minimum absolute atomic E-state index is 0.0774. The van der Waals surface area contributed by atoms with Crippen LogP contribution in [0.3, 0.4) is 0 Å². The first-order valence-corrected chi connectivity index (χ1v) is 9.10. The SMILES string of the molecule is COCCN1C(=S)N[C@@H](c2ccc(OCCC(=O)O)cc2)C(C(=O)OC)=C1C. The lowest BCUT2D eigenvalue weighted by molar-refractivity contribution is -0.138. The molecule has 1 heterocycles. The average molecular weight is 408 g/mol. The predicted octanol–water partition coefficient (Wildman–Crippen LogP) is 1.86. The largest absolute Gasteiger partial charge is 0.493 e. The van der Waals surface area contributed by atoms with Crippen LogP contribution < -0.4 is 10.1 Å². The van der Waals surface area contributed by atoms with E-state index in [1.807, 2.05) is 11.8 Å². The van der Waals surface area contributed by atoms with Gasteiger partial charge in [0.25, 0.3) is 0 Å². The first-order valence-electron chi connectivity index (χ1n) is 8.69. The topological polar surface area (TPSA) is 97.3 Å². The lowest BCUT2D eigenvalue weighted by atomic mass is 9.95. The number of carbonyl (C=O) groups is 2. The summed E-state index contributed by atoms with van der Waals surface area (Å²) in [6.45, 7) is 2.88. The Kier molecular flexibility index (Phi) is 7.77. The number of benzene rings is 1. The quantitative estimate of drug-likeness (QED) is 0.469. The molecular formula is C19H24N2O6S. The second-order valence-corrected chi connectivity index (χ2v) is 6.47. The molecule has 0 amide bonds. The number of carboxylic acids is 1. The van der Waals surface area contributed by atoms with Crippen LogP contribution >= 0.6 is 12.2 Å². The minimum Gasteiger partial charge on any atom is -0.493 e. The normalized spacial score (nSPS) is 16.6. The Morgan fingerprint density at radius 2 is 1.89 bits per heavy atom. The van der Waals surface area contributed by atoms with E-state index in [1.165, 1.54) is 7.11 Å². The molecule has 1 aliphatic heterocycles. The van der Waals surface area contributed by atoms with Crippen LogP contribution in [0.1, 0.15) is 24.9 Å². The summed E-state index contributed by atoms with van der Waals surface area (Å²) < 4.78 is 15.5. The molecule has 0 saturated carbocycles. The highest BCUT2D eigenvalue weighted by atomic mass is 32.1. The molecule has 0 aliphatic carbocycles. The van der Waals surface area contributed by atoms with Crippen molar-refractivity contribution in [2.24, 2.45) is 0 Å². The second kappa shape index (κ2) is 10.0. The number of nitrogens with zero attached hydrogens (tertiary/aromatic N) is 1. The van der Waals surface area contributed by atoms with E-state index in [0.29, 0.717) is 35.3 Å². The fourth-order valence-electron chi connectivity index (χ4n) is 2.87. The van der Waals surface area contributed by atoms with Gasteiger partial charge in [-0.2, -0.15) is 0 Å². The van der Waals surface area contributed by atoms with Crippen molar-refractivity contribution >= 4 is 29.3 Å². The van der Waals surface area contributed by atoms with Crippen molar-refractivity contribution in [2.75, 3.05) is 34.0 Å². The Bertz CT molecular complexity index is 762. The maximum absolute atomic E-state index is 12.5. The highest BCUT2D eigenvalue weighted by Crippen LogP contribution is 2.32. The fourth-order valence-corrected chi connectivity index (χ4v) is 3.22. The molecule has 0 aromatic heterocycles. The molecule has 2 N–H and O–H groups in total. The van der Waals surface area contributed by atoms with Crippen LogP contribution in [0.25, 0.3) is 0 Å². The molecule has 1 aliphatic rings. The van der Waals surface area contributed by atoms with Gasteiger partial charge in [-0.3, -0.25) is 4.79 Å². The van der Waals surface area contributed by atoms with Gasteiger partial charge in [0.1, 0.15) is 5.75 Å². The van der Waals surface area contributed by atoms with Gasteiger partial charge in [-0.1, -0.05) is 12.1 Å². The number of carboxylic acid groups (broad SMARTS) is 1. The molecule has 0 radical (unpaired) electrons. The maximum atomic E-state index is 12.5. The van der Waals surface area contributed by atoms with Crippen molar-refractivity contribution in [3.63, 3.8) is 0 Å². The zero-order valence-corrected chi connectivity index (χ0v) is 16.9. The summed E-state index contributed by atoms with van der Waals surface area (Å²) in [6, 6.07) is 6.59. The van der Waals surface area contributed by atoms with Crippen molar-refractivity contribution in [3.05, 3.63) is 41.1 Å². The third kappa shape index (κ3) is 5.20. The Labute approximate surface area is 169 Å². The Morgan fingerprint density at radius 1 is 1.21 bits per heavy atom. The molecule has 0 unspecified atom stereocenters. The van der Waals surface area contributed by atoms with E-state index in [1.54, 1.807) is 31.4 Å². The zero-order valence-electron chi connectivity index (χ0n) is 16.1. The summed E-state index contributed by atoms with van der Waals surface area (Å²) in [5.41, 5.74) is 1.98. The van der Waals surface area contributed by atoms with Crippen LogP contribution in [0.2, 0.25) is 0 Å². The number of rotatable bonds is 9. The van der Waals surface area contributed by atoms with Gasteiger partial charge in [-0.15, -0.1) is 0 Å². The van der Waals surface area contributed by atoms with Crippen LogP contribution in [0, 0.1) is 0 Å². The highest BCUT2D eigenvalue weighted by molar-refractivity contribution is 7.80. The van der Waals surface area contributed by atoms with Crippen molar-refractivity contribution in [1.29, 1.82) is 0 Å². The minimum atomic E-state index is -0.919. The standard InChI is InChI=1S/C19H24N2O6S/c1-12-16(18(24)26-3)17(20-19(28)21(12)9-11-25-2)13-4-6-14(7-5-13)27-10-8-15(22)23/h4-7,17H,8-11H2,1-3H3,(H,20,28)(H,22,23)/t17-/m0/s1. The molecule has 152 valence electrons. The molecular weight excluding hydrogens is 384 g/mol. The highest BCUT2D eigenvalue weighted by Gasteiger charge is 2.34. The molecule has 0 bridgehead atoms. The molecule has 1 aromatic carbocycles. The first kappa shape index (κ1) is 21.6. The van der Waals surface area contributed by atoms with Crippen LogP contribution in [-0.2, 0) is 19.1 Å². The molecule has 0 fully saturated rings. The number of esters is 1. The zero-order chi connectivity index (χ0) is 20.7. The number of hydrogen-bond donors (Lipinski definition) is 2. The van der Waals surface area contributed by atoms with E-state index in [4.69, 9.17) is 31.5 Å². The number of ether oxygens (including phenoxy) is 3. The number of carbonyl (C=O) groups excluding carboxylic acids is 1. The Balaban J connectivity index is 2.27. The average Bonchev–Trinajstić information content (AvgIpc) is 2.67. The maximum Gasteiger partial charge on any atom is 0.337 e. The van der Waals surface area contributed by atoms with Crippen LogP contribution in [0.15, 0.2) is 35.5 Å². The Morgan fingerprint density at radius 3 is 2.46 bits per heavy atom. The summed E-state index contributed by atoms with van der Waals surface area (Å²) in [7, 11) is 2.94. The molecule has 8 nitrogen and oxygen atoms in total. The monoisotopic (exact) mass is 408 g/mol. The van der Waals surface area contributed by atoms with Crippen molar-refractivity contribution in [2.45, 2.75) is 19.4 Å². The van der Waals surface area contributed by atoms with Crippen molar-refractivity contribution in [1.82, 2.24) is 10.2 Å². The number of allylic oxidation sites excluding steroid dienone is 1. The van der Waals surface area contributed by atoms with Gasteiger partial charge < -0.3 is 29.5 Å². The number of aliphatic carboxylic acids is 1. The van der Waals surface area contributed by atoms with Gasteiger partial charge in [0.15, 0.2) is 5.11 Å². The van der Waals surface area contributed by atoms with Gasteiger partial charge in [-0.05, 0) is 36.8 Å².